The molecule has 0 spiro atoms. The summed E-state index contributed by atoms with van der Waals surface area (Å²) in [5.41, 5.74) is 1.07. The van der Waals surface area contributed by atoms with E-state index in [1.54, 1.807) is 19.2 Å². The van der Waals surface area contributed by atoms with Crippen LogP contribution in [-0.4, -0.2) is 24.7 Å². The number of benzene rings is 1. The zero-order valence-corrected chi connectivity index (χ0v) is 11.1. The molecular weight excluding hydrogens is 259 g/mol. The number of rotatable bonds is 3. The molecule has 5 heteroatoms. The molecular formula is C15H15FN2O2. The third kappa shape index (κ3) is 2.52. The van der Waals surface area contributed by atoms with Crippen molar-refractivity contribution in [1.29, 1.82) is 0 Å². The molecule has 0 amide bonds. The fourth-order valence-electron chi connectivity index (χ4n) is 2.35. The average molecular weight is 274 g/mol. The molecule has 0 saturated heterocycles. The van der Waals surface area contributed by atoms with Crippen LogP contribution in [0.1, 0.15) is 5.56 Å². The van der Waals surface area contributed by atoms with Crippen LogP contribution >= 0.6 is 0 Å². The average Bonchev–Trinajstić information content (AvgIpc) is 2.46. The van der Waals surface area contributed by atoms with Crippen LogP contribution in [0.3, 0.4) is 0 Å². The summed E-state index contributed by atoms with van der Waals surface area (Å²) < 4.78 is 24.1. The van der Waals surface area contributed by atoms with Crippen molar-refractivity contribution in [3.8, 4) is 11.5 Å². The van der Waals surface area contributed by atoms with Gasteiger partial charge in [-0.3, -0.25) is 0 Å². The summed E-state index contributed by atoms with van der Waals surface area (Å²) in [5, 5.41) is 3.18. The van der Waals surface area contributed by atoms with Crippen molar-refractivity contribution in [1.82, 2.24) is 4.98 Å². The van der Waals surface area contributed by atoms with Crippen LogP contribution in [0.15, 0.2) is 36.4 Å². The van der Waals surface area contributed by atoms with Gasteiger partial charge in [0, 0.05) is 5.56 Å². The van der Waals surface area contributed by atoms with Gasteiger partial charge < -0.3 is 14.8 Å². The number of nitrogens with zero attached hydrogens (tertiary/aromatic N) is 1. The zero-order chi connectivity index (χ0) is 13.9. The molecule has 2 heterocycles. The molecule has 1 aromatic carbocycles. The van der Waals surface area contributed by atoms with Gasteiger partial charge in [-0.05, 0) is 24.6 Å². The molecule has 0 unspecified atom stereocenters. The molecule has 3 rings (SSSR count). The Morgan fingerprint density at radius 3 is 2.95 bits per heavy atom. The molecule has 0 aliphatic carbocycles. The van der Waals surface area contributed by atoms with E-state index in [4.69, 9.17) is 9.47 Å². The Morgan fingerprint density at radius 2 is 2.15 bits per heavy atom. The first-order valence-corrected chi connectivity index (χ1v) is 6.44. The maximum atomic E-state index is 13.1. The topological polar surface area (TPSA) is 43.4 Å². The molecule has 1 aliphatic rings. The van der Waals surface area contributed by atoms with Crippen LogP contribution in [0, 0.1) is 5.95 Å². The van der Waals surface area contributed by atoms with Crippen molar-refractivity contribution >= 4 is 5.82 Å². The maximum Gasteiger partial charge on any atom is 0.214 e. The number of para-hydroxylation sites is 1. The fourth-order valence-corrected chi connectivity index (χ4v) is 2.35. The van der Waals surface area contributed by atoms with E-state index in [1.807, 2.05) is 18.2 Å². The van der Waals surface area contributed by atoms with E-state index in [-0.39, 0.29) is 6.04 Å². The Kier molecular flexibility index (Phi) is 3.41. The molecule has 0 fully saturated rings. The van der Waals surface area contributed by atoms with Gasteiger partial charge in [-0.2, -0.15) is 4.39 Å². The van der Waals surface area contributed by atoms with Gasteiger partial charge in [-0.15, -0.1) is 0 Å². The predicted molar refractivity (Wildman–Crippen MR) is 73.8 cm³/mol. The Labute approximate surface area is 116 Å². The van der Waals surface area contributed by atoms with E-state index in [2.05, 4.69) is 10.3 Å². The van der Waals surface area contributed by atoms with E-state index in [0.29, 0.717) is 12.4 Å². The van der Waals surface area contributed by atoms with Crippen molar-refractivity contribution in [2.75, 3.05) is 19.0 Å². The van der Waals surface area contributed by atoms with Crippen LogP contribution in [0.4, 0.5) is 10.2 Å². The van der Waals surface area contributed by atoms with Crippen LogP contribution in [-0.2, 0) is 6.42 Å². The Bertz CT molecular complexity index is 619. The summed E-state index contributed by atoms with van der Waals surface area (Å²) in [4.78, 5) is 3.80. The number of ether oxygens (including phenoxy) is 2. The van der Waals surface area contributed by atoms with Crippen molar-refractivity contribution < 1.29 is 13.9 Å². The van der Waals surface area contributed by atoms with Gasteiger partial charge in [-0.1, -0.05) is 18.2 Å². The number of pyridine rings is 1. The lowest BCUT2D eigenvalue weighted by molar-refractivity contribution is 0.256. The first-order chi connectivity index (χ1) is 9.76. The van der Waals surface area contributed by atoms with Gasteiger partial charge in [-0.25, -0.2) is 4.98 Å². The molecule has 2 aromatic rings. The number of hydrogen-bond donors (Lipinski definition) is 1. The Morgan fingerprint density at radius 1 is 1.30 bits per heavy atom. The number of methoxy groups -OCH3 is 1. The third-order valence-electron chi connectivity index (χ3n) is 3.24. The highest BCUT2D eigenvalue weighted by Crippen LogP contribution is 2.34. The van der Waals surface area contributed by atoms with Crippen LogP contribution in [0.5, 0.6) is 11.5 Å². The minimum atomic E-state index is -0.492. The molecule has 1 aliphatic heterocycles. The highest BCUT2D eigenvalue weighted by Gasteiger charge is 2.22. The van der Waals surface area contributed by atoms with E-state index in [9.17, 15) is 4.39 Å². The smallest absolute Gasteiger partial charge is 0.214 e. The molecule has 1 aromatic heterocycles. The van der Waals surface area contributed by atoms with E-state index in [0.717, 1.165) is 23.5 Å². The van der Waals surface area contributed by atoms with Crippen LogP contribution in [0.2, 0.25) is 0 Å². The number of hydrogen-bond acceptors (Lipinski definition) is 4. The highest BCUT2D eigenvalue weighted by atomic mass is 19.1. The zero-order valence-electron chi connectivity index (χ0n) is 11.1. The molecule has 4 nitrogen and oxygen atoms in total. The van der Waals surface area contributed by atoms with Crippen LogP contribution < -0.4 is 14.8 Å². The second-order valence-electron chi connectivity index (χ2n) is 4.65. The monoisotopic (exact) mass is 274 g/mol. The highest BCUT2D eigenvalue weighted by molar-refractivity contribution is 5.49. The fraction of sp³-hybridized carbons (Fsp3) is 0.267. The number of fused-ring (bicyclic) bond motifs is 1. The summed E-state index contributed by atoms with van der Waals surface area (Å²) in [6.07, 6.45) is 0.782. The van der Waals surface area contributed by atoms with E-state index in [1.165, 1.54) is 6.07 Å². The number of halogens is 1. The summed E-state index contributed by atoms with van der Waals surface area (Å²) in [6.45, 7) is 0.492. The van der Waals surface area contributed by atoms with Crippen molar-refractivity contribution in [2.24, 2.45) is 0 Å². The van der Waals surface area contributed by atoms with E-state index >= 15 is 0 Å². The summed E-state index contributed by atoms with van der Waals surface area (Å²) in [6, 6.07) is 10.6. The number of anilines is 1. The van der Waals surface area contributed by atoms with Gasteiger partial charge in [0.25, 0.3) is 0 Å². The quantitative estimate of drug-likeness (QED) is 0.874. The Balaban J connectivity index is 1.76. The lowest BCUT2D eigenvalue weighted by atomic mass is 10.0. The molecule has 0 bridgehead atoms. The first-order valence-electron chi connectivity index (χ1n) is 6.44. The lowest BCUT2D eigenvalue weighted by Gasteiger charge is -2.27. The molecule has 0 radical (unpaired) electrons. The number of nitrogens with one attached hydrogen (secondary N) is 1. The Hall–Kier alpha value is -2.30. The first kappa shape index (κ1) is 12.7. The van der Waals surface area contributed by atoms with Crippen molar-refractivity contribution in [3.63, 3.8) is 0 Å². The van der Waals surface area contributed by atoms with Gasteiger partial charge in [0.15, 0.2) is 11.5 Å². The minimum absolute atomic E-state index is 0.0592. The molecule has 1 N–H and O–H groups in total. The molecule has 1 atom stereocenters. The summed E-state index contributed by atoms with van der Waals surface area (Å²) >= 11 is 0. The standard InChI is InChI=1S/C15H15FN2O2/c1-19-12-5-2-4-10-8-11(9-20-15(10)12)17-14-7-3-6-13(16)18-14/h2-7,11H,8-9H2,1H3,(H,17,18)/t11-/m1/s1. The van der Waals surface area contributed by atoms with Gasteiger partial charge in [0.2, 0.25) is 5.95 Å². The number of aromatic nitrogens is 1. The predicted octanol–water partition coefficient (Wildman–Crippen LogP) is 2.64. The minimum Gasteiger partial charge on any atom is -0.493 e. The normalized spacial score (nSPS) is 17.0. The largest absolute Gasteiger partial charge is 0.493 e. The molecule has 20 heavy (non-hydrogen) atoms. The summed E-state index contributed by atoms with van der Waals surface area (Å²) in [7, 11) is 1.62. The van der Waals surface area contributed by atoms with Gasteiger partial charge in [0.05, 0.1) is 13.2 Å². The molecule has 0 saturated carbocycles. The second kappa shape index (κ2) is 5.36. The molecule has 104 valence electrons. The van der Waals surface area contributed by atoms with Gasteiger partial charge >= 0.3 is 0 Å². The van der Waals surface area contributed by atoms with Crippen molar-refractivity contribution in [2.45, 2.75) is 12.5 Å². The second-order valence-corrected chi connectivity index (χ2v) is 4.65. The van der Waals surface area contributed by atoms with Gasteiger partial charge in [0.1, 0.15) is 12.4 Å². The van der Waals surface area contributed by atoms with Crippen LogP contribution in [0.25, 0.3) is 0 Å². The van der Waals surface area contributed by atoms with Crippen molar-refractivity contribution in [3.05, 3.63) is 47.9 Å². The lowest BCUT2D eigenvalue weighted by Crippen LogP contribution is -2.33. The van der Waals surface area contributed by atoms with E-state index < -0.39 is 5.95 Å². The maximum absolute atomic E-state index is 13.1. The summed E-state index contributed by atoms with van der Waals surface area (Å²) in [5.74, 6) is 1.56. The SMILES string of the molecule is COc1cccc2c1OC[C@H](Nc1cccc(F)n1)C2. The third-order valence-corrected chi connectivity index (χ3v) is 3.24.